The number of carbonyl (C=O) groups excluding carboxylic acids is 1. The van der Waals surface area contributed by atoms with Crippen LogP contribution in [0.1, 0.15) is 12.0 Å². The van der Waals surface area contributed by atoms with Crippen LogP contribution in [0.2, 0.25) is 0 Å². The molecule has 0 saturated heterocycles. The molecular weight excluding hydrogens is 342 g/mol. The zero-order valence-corrected chi connectivity index (χ0v) is 13.6. The molecular formula is C16H13N5O5. The first-order valence-corrected chi connectivity index (χ1v) is 7.18. The Kier molecular flexibility index (Phi) is 6.17. The van der Waals surface area contributed by atoms with E-state index in [9.17, 15) is 14.9 Å². The molecule has 10 heteroatoms. The van der Waals surface area contributed by atoms with Gasteiger partial charge in [-0.15, -0.1) is 0 Å². The summed E-state index contributed by atoms with van der Waals surface area (Å²) in [6.45, 7) is 0. The average Bonchev–Trinajstić information content (AvgIpc) is 2.63. The average molecular weight is 355 g/mol. The van der Waals surface area contributed by atoms with Gasteiger partial charge in [0, 0.05) is 12.1 Å². The van der Waals surface area contributed by atoms with Crippen molar-refractivity contribution in [3.05, 3.63) is 52.2 Å². The van der Waals surface area contributed by atoms with Crippen LogP contribution in [0.25, 0.3) is 0 Å². The molecule has 0 atom stereocenters. The van der Waals surface area contributed by atoms with Gasteiger partial charge in [-0.3, -0.25) is 14.9 Å². The van der Waals surface area contributed by atoms with Gasteiger partial charge in [0.1, 0.15) is 12.6 Å². The molecule has 0 unspecified atom stereocenters. The third-order valence-electron chi connectivity index (χ3n) is 2.98. The lowest BCUT2D eigenvalue weighted by Crippen LogP contribution is -2.16. The lowest BCUT2D eigenvalue weighted by molar-refractivity contribution is -0.385. The van der Waals surface area contributed by atoms with E-state index in [1.807, 2.05) is 0 Å². The van der Waals surface area contributed by atoms with Crippen LogP contribution in [0, 0.1) is 21.4 Å². The number of hydrogen-bond acceptors (Lipinski definition) is 8. The van der Waals surface area contributed by atoms with E-state index in [-0.39, 0.29) is 18.0 Å². The molecule has 0 bridgehead atoms. The maximum absolute atomic E-state index is 11.1. The predicted octanol–water partition coefficient (Wildman–Crippen LogP) is 2.15. The van der Waals surface area contributed by atoms with Crippen LogP contribution in [-0.4, -0.2) is 29.1 Å². The third-order valence-corrected chi connectivity index (χ3v) is 2.98. The van der Waals surface area contributed by atoms with Gasteiger partial charge in [-0.05, 0) is 23.8 Å². The van der Waals surface area contributed by atoms with Gasteiger partial charge in [-0.2, -0.15) is 10.4 Å². The number of hydrazone groups is 1. The first-order valence-electron chi connectivity index (χ1n) is 7.18. The summed E-state index contributed by atoms with van der Waals surface area (Å²) in [4.78, 5) is 25.1. The highest BCUT2D eigenvalue weighted by molar-refractivity contribution is 5.83. The monoisotopic (exact) mass is 355 g/mol. The number of rotatable bonds is 7. The fraction of sp³-hybridized carbons (Fsp3) is 0.125. The Morgan fingerprint density at radius 3 is 2.85 bits per heavy atom. The minimum atomic E-state index is -0.555. The minimum absolute atomic E-state index is 0.144. The van der Waals surface area contributed by atoms with Crippen LogP contribution >= 0.6 is 0 Å². The van der Waals surface area contributed by atoms with Crippen LogP contribution in [0.5, 0.6) is 17.4 Å². The van der Waals surface area contributed by atoms with Crippen molar-refractivity contribution in [2.75, 3.05) is 7.11 Å². The quantitative estimate of drug-likeness (QED) is 0.456. The van der Waals surface area contributed by atoms with Gasteiger partial charge in [0.2, 0.25) is 5.88 Å². The van der Waals surface area contributed by atoms with Crippen molar-refractivity contribution in [2.45, 2.75) is 6.42 Å². The molecule has 1 aromatic carbocycles. The Hall–Kier alpha value is -4.00. The summed E-state index contributed by atoms with van der Waals surface area (Å²) >= 11 is 0. The molecule has 10 nitrogen and oxygen atoms in total. The molecule has 0 aliphatic rings. The third kappa shape index (κ3) is 5.00. The molecule has 0 aliphatic heterocycles. The van der Waals surface area contributed by atoms with Gasteiger partial charge >= 0.3 is 0 Å². The van der Waals surface area contributed by atoms with E-state index in [2.05, 4.69) is 15.5 Å². The van der Waals surface area contributed by atoms with Crippen LogP contribution in [0.15, 0.2) is 41.6 Å². The second kappa shape index (κ2) is 8.74. The molecule has 2 rings (SSSR count). The number of nitrogens with one attached hydrogen (secondary N) is 1. The van der Waals surface area contributed by atoms with Crippen molar-refractivity contribution < 1.29 is 19.2 Å². The predicted molar refractivity (Wildman–Crippen MR) is 89.9 cm³/mol. The lowest BCUT2D eigenvalue weighted by atomic mass is 10.2. The Balaban J connectivity index is 2.10. The van der Waals surface area contributed by atoms with E-state index in [0.717, 1.165) is 6.20 Å². The Labute approximate surface area is 147 Å². The molecule has 1 aromatic heterocycles. The molecule has 1 N–H and O–H groups in total. The topological polar surface area (TPSA) is 140 Å². The minimum Gasteiger partial charge on any atom is -0.493 e. The van der Waals surface area contributed by atoms with E-state index in [1.54, 1.807) is 24.3 Å². The SMILES string of the molecule is COc1cc(/C=N\NC(=O)CC#N)ccc1Oc1ccc([N+](=O)[O-])cn1. The number of nitro groups is 1. The highest BCUT2D eigenvalue weighted by atomic mass is 16.6. The number of nitrogens with zero attached hydrogens (tertiary/aromatic N) is 4. The molecule has 132 valence electrons. The van der Waals surface area contributed by atoms with Crippen molar-refractivity contribution in [3.8, 4) is 23.4 Å². The Morgan fingerprint density at radius 1 is 1.42 bits per heavy atom. The van der Waals surface area contributed by atoms with Crippen molar-refractivity contribution >= 4 is 17.8 Å². The number of amides is 1. The van der Waals surface area contributed by atoms with Crippen molar-refractivity contribution in [2.24, 2.45) is 5.10 Å². The summed E-state index contributed by atoms with van der Waals surface area (Å²) < 4.78 is 10.8. The van der Waals surface area contributed by atoms with E-state index < -0.39 is 10.8 Å². The first kappa shape index (κ1) is 18.3. The molecule has 26 heavy (non-hydrogen) atoms. The maximum atomic E-state index is 11.1. The van der Waals surface area contributed by atoms with Gasteiger partial charge in [-0.25, -0.2) is 10.4 Å². The van der Waals surface area contributed by atoms with Crippen LogP contribution in [-0.2, 0) is 4.79 Å². The van der Waals surface area contributed by atoms with Gasteiger partial charge < -0.3 is 9.47 Å². The lowest BCUT2D eigenvalue weighted by Gasteiger charge is -2.10. The number of nitriles is 1. The second-order valence-electron chi connectivity index (χ2n) is 4.75. The molecule has 2 aromatic rings. The number of benzene rings is 1. The summed E-state index contributed by atoms with van der Waals surface area (Å²) in [6, 6.07) is 9.22. The van der Waals surface area contributed by atoms with E-state index in [1.165, 1.54) is 25.5 Å². The summed E-state index contributed by atoms with van der Waals surface area (Å²) in [6.07, 6.45) is 2.19. The first-order chi connectivity index (χ1) is 12.5. The molecule has 0 saturated carbocycles. The number of carbonyl (C=O) groups is 1. The van der Waals surface area contributed by atoms with Gasteiger partial charge in [0.15, 0.2) is 11.5 Å². The number of hydrogen-bond donors (Lipinski definition) is 1. The zero-order valence-electron chi connectivity index (χ0n) is 13.6. The van der Waals surface area contributed by atoms with Crippen LogP contribution < -0.4 is 14.9 Å². The zero-order chi connectivity index (χ0) is 18.9. The van der Waals surface area contributed by atoms with E-state index in [0.29, 0.717) is 17.1 Å². The van der Waals surface area contributed by atoms with Gasteiger partial charge in [0.25, 0.3) is 11.6 Å². The molecule has 1 heterocycles. The fourth-order valence-corrected chi connectivity index (χ4v) is 1.79. The van der Waals surface area contributed by atoms with Crippen molar-refractivity contribution in [3.63, 3.8) is 0 Å². The molecule has 0 radical (unpaired) electrons. The largest absolute Gasteiger partial charge is 0.493 e. The summed E-state index contributed by atoms with van der Waals surface area (Å²) in [5, 5.41) is 22.7. The van der Waals surface area contributed by atoms with Crippen molar-refractivity contribution in [1.29, 1.82) is 5.26 Å². The smallest absolute Gasteiger partial charge is 0.287 e. The number of ether oxygens (including phenoxy) is 2. The van der Waals surface area contributed by atoms with E-state index >= 15 is 0 Å². The Morgan fingerprint density at radius 2 is 2.23 bits per heavy atom. The van der Waals surface area contributed by atoms with Gasteiger partial charge in [-0.1, -0.05) is 0 Å². The fourth-order valence-electron chi connectivity index (χ4n) is 1.79. The van der Waals surface area contributed by atoms with Gasteiger partial charge in [0.05, 0.1) is 24.3 Å². The molecule has 0 aliphatic carbocycles. The summed E-state index contributed by atoms with van der Waals surface area (Å²) in [7, 11) is 1.45. The molecule has 1 amide bonds. The normalized spacial score (nSPS) is 10.2. The summed E-state index contributed by atoms with van der Waals surface area (Å²) in [5.41, 5.74) is 2.68. The number of methoxy groups -OCH3 is 1. The molecule has 0 spiro atoms. The van der Waals surface area contributed by atoms with Crippen LogP contribution in [0.4, 0.5) is 5.69 Å². The number of pyridine rings is 1. The highest BCUT2D eigenvalue weighted by Crippen LogP contribution is 2.31. The summed E-state index contributed by atoms with van der Waals surface area (Å²) in [5.74, 6) is 0.371. The molecule has 0 fully saturated rings. The number of aromatic nitrogens is 1. The van der Waals surface area contributed by atoms with Crippen molar-refractivity contribution in [1.82, 2.24) is 10.4 Å². The highest BCUT2D eigenvalue weighted by Gasteiger charge is 2.10. The Bertz CT molecular complexity index is 874. The maximum Gasteiger partial charge on any atom is 0.287 e. The second-order valence-corrected chi connectivity index (χ2v) is 4.75. The standard InChI is InChI=1S/C16H13N5O5/c1-25-14-8-11(9-19-20-15(22)6-7-17)2-4-13(14)26-16-5-3-12(10-18-16)21(23)24/h2-5,8-10H,6H2,1H3,(H,20,22)/b19-9-. The van der Waals surface area contributed by atoms with Crippen LogP contribution in [0.3, 0.4) is 0 Å². The van der Waals surface area contributed by atoms with E-state index in [4.69, 9.17) is 14.7 Å².